The molecule has 0 spiro atoms. The van der Waals surface area contributed by atoms with Gasteiger partial charge in [0.25, 0.3) is 0 Å². The van der Waals surface area contributed by atoms with Crippen molar-refractivity contribution in [3.8, 4) is 0 Å². The SMILES string of the molecule is CC(C)(C)c1ccc2occ(CCC(C)(C)c3ccc4occc4c3)c2c1. The van der Waals surface area contributed by atoms with Crippen LogP contribution in [-0.2, 0) is 17.3 Å². The van der Waals surface area contributed by atoms with E-state index < -0.39 is 0 Å². The topological polar surface area (TPSA) is 26.3 Å². The van der Waals surface area contributed by atoms with Crippen LogP contribution in [0, 0.1) is 0 Å². The van der Waals surface area contributed by atoms with Gasteiger partial charge in [0.1, 0.15) is 11.2 Å². The summed E-state index contributed by atoms with van der Waals surface area (Å²) in [5, 5.41) is 2.42. The summed E-state index contributed by atoms with van der Waals surface area (Å²) in [5.74, 6) is 0. The van der Waals surface area contributed by atoms with E-state index in [-0.39, 0.29) is 10.8 Å². The molecule has 0 aliphatic rings. The van der Waals surface area contributed by atoms with Gasteiger partial charge in [-0.3, -0.25) is 0 Å². The lowest BCUT2D eigenvalue weighted by Gasteiger charge is -2.25. The summed E-state index contributed by atoms with van der Waals surface area (Å²) in [4.78, 5) is 0. The van der Waals surface area contributed by atoms with Crippen molar-refractivity contribution >= 4 is 21.9 Å². The van der Waals surface area contributed by atoms with E-state index >= 15 is 0 Å². The molecule has 2 nitrogen and oxygen atoms in total. The van der Waals surface area contributed by atoms with Gasteiger partial charge in [-0.2, -0.15) is 0 Å². The standard InChI is InChI=1S/C25H28O2/c1-24(2,3)19-6-9-23-21(15-19)18(16-27-23)10-12-25(4,5)20-7-8-22-17(14-20)11-13-26-22/h6-9,11,13-16H,10,12H2,1-5H3. The number of hydrogen-bond donors (Lipinski definition) is 0. The van der Waals surface area contributed by atoms with Gasteiger partial charge in [0, 0.05) is 10.8 Å². The number of furan rings is 2. The zero-order valence-corrected chi connectivity index (χ0v) is 16.9. The predicted molar refractivity (Wildman–Crippen MR) is 112 cm³/mol. The van der Waals surface area contributed by atoms with Crippen molar-refractivity contribution in [2.24, 2.45) is 0 Å². The third-order valence-corrected chi connectivity index (χ3v) is 5.77. The van der Waals surface area contributed by atoms with Crippen LogP contribution in [0.2, 0.25) is 0 Å². The first kappa shape index (κ1) is 17.9. The molecule has 0 aliphatic carbocycles. The molecule has 0 saturated heterocycles. The van der Waals surface area contributed by atoms with Crippen LogP contribution in [0.4, 0.5) is 0 Å². The van der Waals surface area contributed by atoms with Crippen LogP contribution in [-0.4, -0.2) is 0 Å². The van der Waals surface area contributed by atoms with Crippen LogP contribution < -0.4 is 0 Å². The summed E-state index contributed by atoms with van der Waals surface area (Å²) in [6.07, 6.45) is 5.75. The first-order chi connectivity index (χ1) is 12.7. The number of benzene rings is 2. The van der Waals surface area contributed by atoms with E-state index in [0.29, 0.717) is 0 Å². The molecule has 2 aromatic heterocycles. The maximum Gasteiger partial charge on any atom is 0.134 e. The lowest BCUT2D eigenvalue weighted by molar-refractivity contribution is 0.479. The number of rotatable bonds is 4. The van der Waals surface area contributed by atoms with Gasteiger partial charge in [0.15, 0.2) is 0 Å². The van der Waals surface area contributed by atoms with Gasteiger partial charge in [-0.25, -0.2) is 0 Å². The van der Waals surface area contributed by atoms with Crippen molar-refractivity contribution in [1.29, 1.82) is 0 Å². The minimum Gasteiger partial charge on any atom is -0.464 e. The van der Waals surface area contributed by atoms with Crippen molar-refractivity contribution in [3.05, 3.63) is 71.7 Å². The van der Waals surface area contributed by atoms with E-state index in [1.54, 1.807) is 6.26 Å². The van der Waals surface area contributed by atoms with Crippen molar-refractivity contribution in [2.75, 3.05) is 0 Å². The van der Waals surface area contributed by atoms with Crippen LogP contribution in [0.25, 0.3) is 21.9 Å². The van der Waals surface area contributed by atoms with E-state index in [9.17, 15) is 0 Å². The quantitative estimate of drug-likeness (QED) is 0.379. The van der Waals surface area contributed by atoms with Gasteiger partial charge in [-0.05, 0) is 70.7 Å². The lowest BCUT2D eigenvalue weighted by atomic mass is 9.79. The number of aryl methyl sites for hydroxylation is 1. The van der Waals surface area contributed by atoms with Gasteiger partial charge in [-0.15, -0.1) is 0 Å². The smallest absolute Gasteiger partial charge is 0.134 e. The van der Waals surface area contributed by atoms with Gasteiger partial charge < -0.3 is 8.83 Å². The Balaban J connectivity index is 1.60. The third-order valence-electron chi connectivity index (χ3n) is 5.77. The maximum atomic E-state index is 5.82. The molecule has 0 atom stereocenters. The molecule has 0 unspecified atom stereocenters. The Labute approximate surface area is 161 Å². The highest BCUT2D eigenvalue weighted by molar-refractivity contribution is 5.82. The van der Waals surface area contributed by atoms with Crippen LogP contribution in [0.15, 0.2) is 63.8 Å². The Morgan fingerprint density at radius 1 is 0.778 bits per heavy atom. The zero-order valence-electron chi connectivity index (χ0n) is 16.9. The normalized spacial score (nSPS) is 12.9. The molecular formula is C25H28O2. The molecule has 0 N–H and O–H groups in total. The van der Waals surface area contributed by atoms with Crippen molar-refractivity contribution in [2.45, 2.75) is 58.3 Å². The van der Waals surface area contributed by atoms with E-state index in [1.165, 1.54) is 27.5 Å². The van der Waals surface area contributed by atoms with Crippen molar-refractivity contribution in [3.63, 3.8) is 0 Å². The fourth-order valence-corrected chi connectivity index (χ4v) is 3.72. The molecule has 27 heavy (non-hydrogen) atoms. The van der Waals surface area contributed by atoms with Crippen LogP contribution >= 0.6 is 0 Å². The molecule has 0 radical (unpaired) electrons. The van der Waals surface area contributed by atoms with Gasteiger partial charge in [0.05, 0.1) is 12.5 Å². The highest BCUT2D eigenvalue weighted by atomic mass is 16.3. The van der Waals surface area contributed by atoms with Gasteiger partial charge in [0.2, 0.25) is 0 Å². The summed E-state index contributed by atoms with van der Waals surface area (Å²) >= 11 is 0. The molecule has 2 heterocycles. The average molecular weight is 360 g/mol. The van der Waals surface area contributed by atoms with Crippen LogP contribution in [0.1, 0.15) is 57.7 Å². The summed E-state index contributed by atoms with van der Waals surface area (Å²) in [6, 6.07) is 15.2. The Bertz CT molecular complexity index is 1090. The lowest BCUT2D eigenvalue weighted by Crippen LogP contribution is -2.18. The Morgan fingerprint density at radius 3 is 2.30 bits per heavy atom. The Morgan fingerprint density at radius 2 is 1.52 bits per heavy atom. The molecule has 4 rings (SSSR count). The molecule has 0 amide bonds. The third kappa shape index (κ3) is 3.41. The number of fused-ring (bicyclic) bond motifs is 2. The van der Waals surface area contributed by atoms with Crippen molar-refractivity contribution in [1.82, 2.24) is 0 Å². The van der Waals surface area contributed by atoms with Crippen molar-refractivity contribution < 1.29 is 8.83 Å². The van der Waals surface area contributed by atoms with E-state index in [0.717, 1.165) is 24.0 Å². The minimum absolute atomic E-state index is 0.0801. The van der Waals surface area contributed by atoms with E-state index in [1.807, 2.05) is 12.3 Å². The fraction of sp³-hybridized carbons (Fsp3) is 0.360. The van der Waals surface area contributed by atoms with Gasteiger partial charge >= 0.3 is 0 Å². The minimum atomic E-state index is 0.0801. The Hall–Kier alpha value is -2.48. The van der Waals surface area contributed by atoms with Gasteiger partial charge in [-0.1, -0.05) is 46.8 Å². The predicted octanol–water partition coefficient (Wildman–Crippen LogP) is 7.39. The number of hydrogen-bond acceptors (Lipinski definition) is 2. The molecule has 2 heteroatoms. The molecule has 0 bridgehead atoms. The molecule has 4 aromatic rings. The average Bonchev–Trinajstić information content (AvgIpc) is 3.24. The zero-order chi connectivity index (χ0) is 19.2. The summed E-state index contributed by atoms with van der Waals surface area (Å²) in [7, 11) is 0. The molecule has 2 aromatic carbocycles. The summed E-state index contributed by atoms with van der Waals surface area (Å²) < 4.78 is 11.3. The summed E-state index contributed by atoms with van der Waals surface area (Å²) in [6.45, 7) is 11.4. The van der Waals surface area contributed by atoms with E-state index in [4.69, 9.17) is 8.83 Å². The second-order valence-electron chi connectivity index (χ2n) is 9.28. The first-order valence-corrected chi connectivity index (χ1v) is 9.72. The molecule has 0 aliphatic heterocycles. The second-order valence-corrected chi connectivity index (χ2v) is 9.28. The highest BCUT2D eigenvalue weighted by Crippen LogP contribution is 2.34. The molecule has 0 fully saturated rings. The molecular weight excluding hydrogens is 332 g/mol. The first-order valence-electron chi connectivity index (χ1n) is 9.72. The monoisotopic (exact) mass is 360 g/mol. The van der Waals surface area contributed by atoms with Crippen LogP contribution in [0.3, 0.4) is 0 Å². The largest absolute Gasteiger partial charge is 0.464 e. The van der Waals surface area contributed by atoms with E-state index in [2.05, 4.69) is 71.0 Å². The van der Waals surface area contributed by atoms with Crippen LogP contribution in [0.5, 0.6) is 0 Å². The summed E-state index contributed by atoms with van der Waals surface area (Å²) in [5.41, 5.74) is 6.15. The molecule has 140 valence electrons. The highest BCUT2D eigenvalue weighted by Gasteiger charge is 2.22. The Kier molecular flexibility index (Phi) is 4.18. The molecule has 0 saturated carbocycles. The fourth-order valence-electron chi connectivity index (χ4n) is 3.72. The second kappa shape index (κ2) is 6.30. The maximum absolute atomic E-state index is 5.82.